The van der Waals surface area contributed by atoms with E-state index in [0.29, 0.717) is 25.9 Å². The highest BCUT2D eigenvalue weighted by molar-refractivity contribution is 5.83. The van der Waals surface area contributed by atoms with E-state index in [1.165, 1.54) is 11.1 Å². The van der Waals surface area contributed by atoms with Gasteiger partial charge in [0.05, 0.1) is 23.1 Å². The van der Waals surface area contributed by atoms with Gasteiger partial charge in [0, 0.05) is 13.1 Å². The third kappa shape index (κ3) is 13.6. The number of nitrogens with one attached hydrogen (secondary N) is 4. The van der Waals surface area contributed by atoms with Crippen LogP contribution in [0.4, 0.5) is 31.1 Å². The van der Waals surface area contributed by atoms with Crippen molar-refractivity contribution >= 4 is 35.0 Å². The fourth-order valence-electron chi connectivity index (χ4n) is 4.76. The first kappa shape index (κ1) is 40.8. The number of hydrogen-bond acceptors (Lipinski definition) is 7. The Balaban J connectivity index is 0.000000441. The number of alkyl halides is 6. The van der Waals surface area contributed by atoms with Crippen LogP contribution in [0.5, 0.6) is 0 Å². The molecule has 0 saturated carbocycles. The number of fused-ring (bicyclic) bond motifs is 2. The number of unbranched alkanes of at least 4 members (excludes halogenated alkanes) is 1. The maximum atomic E-state index is 13.3. The molecule has 5 rings (SSSR count). The minimum Gasteiger partial charge on any atom is -0.475 e. The number of rotatable bonds is 10. The third-order valence-electron chi connectivity index (χ3n) is 7.34. The van der Waals surface area contributed by atoms with Crippen molar-refractivity contribution in [2.24, 2.45) is 0 Å². The lowest BCUT2D eigenvalue weighted by Crippen LogP contribution is -2.48. The van der Waals surface area contributed by atoms with Crippen LogP contribution in [0, 0.1) is 0 Å². The van der Waals surface area contributed by atoms with Gasteiger partial charge >= 0.3 is 30.4 Å². The second-order valence-electron chi connectivity index (χ2n) is 11.2. The van der Waals surface area contributed by atoms with E-state index >= 15 is 0 Å². The normalized spacial score (nSPS) is 14.3. The first-order chi connectivity index (χ1) is 24.5. The van der Waals surface area contributed by atoms with E-state index in [1.807, 2.05) is 66.7 Å². The molecule has 0 radical (unpaired) electrons. The molecule has 4 aromatic rings. The second-order valence-corrected chi connectivity index (χ2v) is 11.2. The summed E-state index contributed by atoms with van der Waals surface area (Å²) in [6, 6.07) is 25.1. The Bertz CT molecular complexity index is 1730. The quantitative estimate of drug-likeness (QED) is 0.0865. The lowest BCUT2D eigenvalue weighted by molar-refractivity contribution is -0.193. The number of aromatic nitrogens is 2. The summed E-state index contributed by atoms with van der Waals surface area (Å²) in [5.74, 6) is -4.81. The average Bonchev–Trinajstić information content (AvgIpc) is 3.54. The van der Waals surface area contributed by atoms with Crippen molar-refractivity contribution in [3.63, 3.8) is 0 Å². The predicted octanol–water partition coefficient (Wildman–Crippen LogP) is 5.80. The Morgan fingerprint density at radius 1 is 0.827 bits per heavy atom. The summed E-state index contributed by atoms with van der Waals surface area (Å²) in [5.41, 5.74) is 5.20. The van der Waals surface area contributed by atoms with Crippen LogP contribution in [0.1, 0.15) is 47.8 Å². The summed E-state index contributed by atoms with van der Waals surface area (Å²) in [7, 11) is 0. The molecule has 0 aliphatic carbocycles. The Morgan fingerprint density at radius 2 is 1.40 bits per heavy atom. The van der Waals surface area contributed by atoms with Gasteiger partial charge in [-0.3, -0.25) is 4.79 Å². The number of carboxylic acids is 2. The van der Waals surface area contributed by atoms with Gasteiger partial charge in [-0.25, -0.2) is 19.4 Å². The number of H-pyrrole nitrogens is 1. The van der Waals surface area contributed by atoms with Crippen LogP contribution < -0.4 is 16.0 Å². The van der Waals surface area contributed by atoms with Gasteiger partial charge in [0.1, 0.15) is 12.4 Å². The summed E-state index contributed by atoms with van der Waals surface area (Å²) >= 11 is 0. The first-order valence-corrected chi connectivity index (χ1v) is 15.6. The molecule has 1 aliphatic heterocycles. The van der Waals surface area contributed by atoms with Crippen molar-refractivity contribution in [1.82, 2.24) is 25.9 Å². The number of hydrogen-bond donors (Lipinski definition) is 6. The number of carbonyl (C=O) groups excluding carboxylic acids is 2. The molecule has 1 unspecified atom stereocenters. The molecule has 3 aromatic carbocycles. The Morgan fingerprint density at radius 3 is 2.02 bits per heavy atom. The zero-order chi connectivity index (χ0) is 38.3. The number of para-hydroxylation sites is 2. The molecule has 1 aliphatic rings. The van der Waals surface area contributed by atoms with Crippen molar-refractivity contribution < 1.29 is 60.5 Å². The van der Waals surface area contributed by atoms with Crippen LogP contribution in [0.15, 0.2) is 78.9 Å². The Kier molecular flexibility index (Phi) is 15.0. The molecular formula is C34H35F6N5O7. The fraction of sp³-hybridized carbons (Fsp3) is 0.324. The molecule has 0 fully saturated rings. The highest BCUT2D eigenvalue weighted by Crippen LogP contribution is 2.22. The number of halogens is 6. The number of ether oxygens (including phenoxy) is 1. The zero-order valence-electron chi connectivity index (χ0n) is 27.3. The third-order valence-corrected chi connectivity index (χ3v) is 7.34. The molecule has 0 spiro atoms. The number of carboxylic acid groups (broad SMARTS) is 2. The summed E-state index contributed by atoms with van der Waals surface area (Å²) in [4.78, 5) is 51.2. The summed E-state index contributed by atoms with van der Waals surface area (Å²) in [6.45, 7) is 1.41. The molecule has 2 atom stereocenters. The SMILES string of the molecule is O=C(NCCCC[C@@H](NC(=O)C1Cc2ccccc2CN1)c1nc2ccccc2[nH]1)OCc1ccccc1.O=C(O)C(F)(F)F.O=C(O)C(F)(F)F. The van der Waals surface area contributed by atoms with E-state index in [0.717, 1.165) is 35.3 Å². The van der Waals surface area contributed by atoms with Crippen molar-refractivity contribution in [3.05, 3.63) is 101 Å². The van der Waals surface area contributed by atoms with Crippen LogP contribution >= 0.6 is 0 Å². The smallest absolute Gasteiger partial charge is 0.475 e. The van der Waals surface area contributed by atoms with Gasteiger partial charge in [-0.15, -0.1) is 0 Å². The van der Waals surface area contributed by atoms with Crippen molar-refractivity contribution in [1.29, 1.82) is 0 Å². The van der Waals surface area contributed by atoms with Gasteiger partial charge in [0.25, 0.3) is 0 Å². The molecular weight excluding hydrogens is 704 g/mol. The molecule has 2 amide bonds. The van der Waals surface area contributed by atoms with E-state index < -0.39 is 30.4 Å². The maximum Gasteiger partial charge on any atom is 0.490 e. The highest BCUT2D eigenvalue weighted by Gasteiger charge is 2.39. The Hall–Kier alpha value is -5.65. The largest absolute Gasteiger partial charge is 0.490 e. The van der Waals surface area contributed by atoms with E-state index in [1.54, 1.807) is 0 Å². The van der Waals surface area contributed by atoms with Crippen molar-refractivity contribution in [2.75, 3.05) is 6.54 Å². The van der Waals surface area contributed by atoms with Gasteiger partial charge in [0.2, 0.25) is 5.91 Å². The number of carbonyl (C=O) groups is 4. The lowest BCUT2D eigenvalue weighted by Gasteiger charge is -2.27. The van der Waals surface area contributed by atoms with Crippen molar-refractivity contribution in [2.45, 2.75) is 63.3 Å². The molecule has 2 heterocycles. The van der Waals surface area contributed by atoms with Crippen LogP contribution in [0.25, 0.3) is 11.0 Å². The molecule has 52 heavy (non-hydrogen) atoms. The molecule has 1 aromatic heterocycles. The summed E-state index contributed by atoms with van der Waals surface area (Å²) in [5, 5.41) is 23.7. The number of imidazole rings is 1. The minimum absolute atomic E-state index is 0.0347. The number of aromatic amines is 1. The summed E-state index contributed by atoms with van der Waals surface area (Å²) < 4.78 is 68.7. The number of aliphatic carboxylic acids is 2. The molecule has 6 N–H and O–H groups in total. The Labute approximate surface area is 292 Å². The van der Waals surface area contributed by atoms with E-state index in [4.69, 9.17) is 29.5 Å². The number of nitrogens with zero attached hydrogens (tertiary/aromatic N) is 1. The zero-order valence-corrected chi connectivity index (χ0v) is 27.3. The van der Waals surface area contributed by atoms with Crippen LogP contribution in [-0.4, -0.2) is 69.1 Å². The fourth-order valence-corrected chi connectivity index (χ4v) is 4.76. The number of amides is 2. The van der Waals surface area contributed by atoms with Crippen LogP contribution in [-0.2, 0) is 38.7 Å². The van der Waals surface area contributed by atoms with Gasteiger partial charge in [-0.05, 0) is 54.5 Å². The standard InChI is InChI=1S/C30H33N5O3.2C2HF3O2/c36-29(27-18-22-12-4-5-13-23(22)19-32-27)35-26(28-33-24-14-6-7-15-25(24)34-28)16-8-9-17-31-30(37)38-20-21-10-2-1-3-11-21;2*3-2(4,5)1(6)7/h1-7,10-15,26-27,32H,8-9,16-20H2,(H,31,37)(H,33,34)(H,35,36);2*(H,6,7)/t26-,27?;;/m1../s1. The topological polar surface area (TPSA) is 183 Å². The van der Waals surface area contributed by atoms with Crippen molar-refractivity contribution in [3.8, 4) is 0 Å². The molecule has 0 bridgehead atoms. The molecule has 12 nitrogen and oxygen atoms in total. The van der Waals surface area contributed by atoms with Crippen LogP contribution in [0.2, 0.25) is 0 Å². The van der Waals surface area contributed by atoms with E-state index in [2.05, 4.69) is 33.1 Å². The second kappa shape index (κ2) is 19.1. The number of alkyl carbamates (subject to hydrolysis) is 1. The maximum absolute atomic E-state index is 13.3. The summed E-state index contributed by atoms with van der Waals surface area (Å²) in [6.07, 6.45) is -7.71. The van der Waals surface area contributed by atoms with Gasteiger partial charge in [-0.1, -0.05) is 66.7 Å². The average molecular weight is 740 g/mol. The highest BCUT2D eigenvalue weighted by atomic mass is 19.4. The van der Waals surface area contributed by atoms with Gasteiger partial charge in [0.15, 0.2) is 0 Å². The first-order valence-electron chi connectivity index (χ1n) is 15.6. The minimum atomic E-state index is -5.08. The molecule has 0 saturated heterocycles. The lowest BCUT2D eigenvalue weighted by atomic mass is 9.95. The molecule has 280 valence electrons. The predicted molar refractivity (Wildman–Crippen MR) is 174 cm³/mol. The number of benzene rings is 3. The monoisotopic (exact) mass is 739 g/mol. The van der Waals surface area contributed by atoms with E-state index in [-0.39, 0.29) is 24.6 Å². The molecule has 18 heteroatoms. The van der Waals surface area contributed by atoms with Gasteiger partial charge < -0.3 is 35.9 Å². The van der Waals surface area contributed by atoms with Gasteiger partial charge in [-0.2, -0.15) is 26.3 Å². The van der Waals surface area contributed by atoms with Crippen LogP contribution in [0.3, 0.4) is 0 Å². The van der Waals surface area contributed by atoms with E-state index in [9.17, 15) is 35.9 Å².